The van der Waals surface area contributed by atoms with Gasteiger partial charge in [-0.2, -0.15) is 0 Å². The third-order valence-electron chi connectivity index (χ3n) is 1.48. The summed E-state index contributed by atoms with van der Waals surface area (Å²) in [5.41, 5.74) is 0.542. The minimum atomic E-state index is -0.0903. The average Bonchev–Trinajstić information content (AvgIpc) is 2.57. The van der Waals surface area contributed by atoms with Gasteiger partial charge < -0.3 is 4.98 Å². The van der Waals surface area contributed by atoms with Gasteiger partial charge in [0.05, 0.1) is 5.56 Å². The first-order valence-corrected chi connectivity index (χ1v) is 4.33. The highest BCUT2D eigenvalue weighted by atomic mass is 32.1. The SMILES string of the molecule is O=c1[nH]cccc1-c1nccs1. The van der Waals surface area contributed by atoms with Gasteiger partial charge in [0.25, 0.3) is 5.56 Å². The highest BCUT2D eigenvalue weighted by molar-refractivity contribution is 7.13. The third-order valence-corrected chi connectivity index (χ3v) is 2.29. The molecule has 12 heavy (non-hydrogen) atoms. The Morgan fingerprint density at radius 1 is 1.50 bits per heavy atom. The van der Waals surface area contributed by atoms with Crippen LogP contribution in [0.5, 0.6) is 0 Å². The Morgan fingerprint density at radius 3 is 3.08 bits per heavy atom. The molecule has 0 saturated heterocycles. The highest BCUT2D eigenvalue weighted by Crippen LogP contribution is 2.16. The van der Waals surface area contributed by atoms with Gasteiger partial charge in [0.2, 0.25) is 0 Å². The van der Waals surface area contributed by atoms with E-state index < -0.39 is 0 Å². The van der Waals surface area contributed by atoms with Crippen LogP contribution in [0.25, 0.3) is 10.6 Å². The molecule has 0 fully saturated rings. The molecule has 2 rings (SSSR count). The highest BCUT2D eigenvalue weighted by Gasteiger charge is 2.02. The Bertz CT molecular complexity index is 419. The van der Waals surface area contributed by atoms with Crippen molar-refractivity contribution >= 4 is 11.3 Å². The van der Waals surface area contributed by atoms with Crippen LogP contribution in [0.4, 0.5) is 0 Å². The summed E-state index contributed by atoms with van der Waals surface area (Å²) in [5, 5.41) is 2.61. The van der Waals surface area contributed by atoms with Crippen molar-refractivity contribution < 1.29 is 0 Å². The summed E-state index contributed by atoms with van der Waals surface area (Å²) < 4.78 is 0. The number of pyridine rings is 1. The number of nitrogens with zero attached hydrogens (tertiary/aromatic N) is 1. The molecule has 60 valence electrons. The molecule has 0 aromatic carbocycles. The second-order valence-electron chi connectivity index (χ2n) is 2.25. The molecule has 2 aromatic heterocycles. The molecule has 3 nitrogen and oxygen atoms in total. The van der Waals surface area contributed by atoms with Gasteiger partial charge in [0.1, 0.15) is 5.01 Å². The van der Waals surface area contributed by atoms with Gasteiger partial charge in [0.15, 0.2) is 0 Å². The lowest BCUT2D eigenvalue weighted by Crippen LogP contribution is -2.06. The van der Waals surface area contributed by atoms with E-state index in [0.717, 1.165) is 5.01 Å². The van der Waals surface area contributed by atoms with Crippen molar-refractivity contribution in [1.82, 2.24) is 9.97 Å². The monoisotopic (exact) mass is 178 g/mol. The second kappa shape index (κ2) is 2.91. The van der Waals surface area contributed by atoms with E-state index in [9.17, 15) is 4.79 Å². The number of hydrogen-bond acceptors (Lipinski definition) is 3. The molecular weight excluding hydrogens is 172 g/mol. The van der Waals surface area contributed by atoms with Gasteiger partial charge in [-0.15, -0.1) is 11.3 Å². The minimum absolute atomic E-state index is 0.0903. The van der Waals surface area contributed by atoms with E-state index in [0.29, 0.717) is 5.56 Å². The van der Waals surface area contributed by atoms with Crippen molar-refractivity contribution in [2.24, 2.45) is 0 Å². The normalized spacial score (nSPS) is 10.0. The van der Waals surface area contributed by atoms with Crippen LogP contribution in [-0.4, -0.2) is 9.97 Å². The smallest absolute Gasteiger partial charge is 0.258 e. The fraction of sp³-hybridized carbons (Fsp3) is 0. The van der Waals surface area contributed by atoms with Crippen molar-refractivity contribution in [2.75, 3.05) is 0 Å². The largest absolute Gasteiger partial charge is 0.329 e. The molecule has 0 spiro atoms. The summed E-state index contributed by atoms with van der Waals surface area (Å²) in [7, 11) is 0. The van der Waals surface area contributed by atoms with Crippen LogP contribution in [0.3, 0.4) is 0 Å². The van der Waals surface area contributed by atoms with Crippen molar-refractivity contribution in [1.29, 1.82) is 0 Å². The maximum absolute atomic E-state index is 11.2. The second-order valence-corrected chi connectivity index (χ2v) is 3.14. The first-order chi connectivity index (χ1) is 5.88. The number of rotatable bonds is 1. The first kappa shape index (κ1) is 7.24. The lowest BCUT2D eigenvalue weighted by Gasteiger charge is -1.91. The molecule has 0 aliphatic heterocycles. The predicted molar refractivity (Wildman–Crippen MR) is 48.2 cm³/mol. The minimum Gasteiger partial charge on any atom is -0.329 e. The topological polar surface area (TPSA) is 45.8 Å². The molecule has 0 atom stereocenters. The molecule has 0 amide bonds. The zero-order valence-electron chi connectivity index (χ0n) is 6.15. The molecule has 4 heteroatoms. The molecule has 0 radical (unpaired) electrons. The maximum Gasteiger partial charge on any atom is 0.258 e. The van der Waals surface area contributed by atoms with Gasteiger partial charge in [-0.25, -0.2) is 4.98 Å². The molecule has 0 unspecified atom stereocenters. The van der Waals surface area contributed by atoms with Crippen LogP contribution >= 0.6 is 11.3 Å². The van der Waals surface area contributed by atoms with Crippen LogP contribution < -0.4 is 5.56 Å². The van der Waals surface area contributed by atoms with Crippen molar-refractivity contribution in [3.63, 3.8) is 0 Å². The summed E-state index contributed by atoms with van der Waals surface area (Å²) in [4.78, 5) is 17.9. The van der Waals surface area contributed by atoms with Gasteiger partial charge in [-0.3, -0.25) is 4.79 Å². The summed E-state index contributed by atoms with van der Waals surface area (Å²) >= 11 is 1.46. The molecule has 0 aliphatic rings. The van der Waals surface area contributed by atoms with Crippen LogP contribution in [0.2, 0.25) is 0 Å². The first-order valence-electron chi connectivity index (χ1n) is 3.45. The van der Waals surface area contributed by atoms with E-state index in [4.69, 9.17) is 0 Å². The quantitative estimate of drug-likeness (QED) is 0.719. The molecule has 2 aromatic rings. The van der Waals surface area contributed by atoms with Gasteiger partial charge in [-0.05, 0) is 12.1 Å². The van der Waals surface area contributed by atoms with E-state index in [2.05, 4.69) is 9.97 Å². The average molecular weight is 178 g/mol. The van der Waals surface area contributed by atoms with Crippen LogP contribution in [-0.2, 0) is 0 Å². The fourth-order valence-electron chi connectivity index (χ4n) is 0.946. The van der Waals surface area contributed by atoms with Crippen LogP contribution in [0.1, 0.15) is 0 Å². The van der Waals surface area contributed by atoms with E-state index in [1.165, 1.54) is 11.3 Å². The number of thiazole rings is 1. The van der Waals surface area contributed by atoms with E-state index in [1.807, 2.05) is 5.38 Å². The van der Waals surface area contributed by atoms with Crippen molar-refractivity contribution in [2.45, 2.75) is 0 Å². The summed E-state index contributed by atoms with van der Waals surface area (Å²) in [6, 6.07) is 3.55. The van der Waals surface area contributed by atoms with E-state index in [1.54, 1.807) is 24.5 Å². The van der Waals surface area contributed by atoms with Gasteiger partial charge >= 0.3 is 0 Å². The Kier molecular flexibility index (Phi) is 1.75. The summed E-state index contributed by atoms with van der Waals surface area (Å²) in [5.74, 6) is 0. The van der Waals surface area contributed by atoms with Crippen molar-refractivity contribution in [3.05, 3.63) is 40.3 Å². The van der Waals surface area contributed by atoms with E-state index >= 15 is 0 Å². The van der Waals surface area contributed by atoms with E-state index in [-0.39, 0.29) is 5.56 Å². The Morgan fingerprint density at radius 2 is 2.42 bits per heavy atom. The lowest BCUT2D eigenvalue weighted by molar-refractivity contribution is 1.23. The van der Waals surface area contributed by atoms with Crippen molar-refractivity contribution in [3.8, 4) is 10.6 Å². The number of hydrogen-bond donors (Lipinski definition) is 1. The number of aromatic amines is 1. The summed E-state index contributed by atoms with van der Waals surface area (Å²) in [6.45, 7) is 0. The zero-order valence-corrected chi connectivity index (χ0v) is 6.97. The Hall–Kier alpha value is -1.42. The molecule has 1 N–H and O–H groups in total. The Balaban J connectivity index is 2.63. The van der Waals surface area contributed by atoms with Gasteiger partial charge in [-0.1, -0.05) is 0 Å². The number of nitrogens with one attached hydrogen (secondary N) is 1. The molecular formula is C8H6N2OS. The number of H-pyrrole nitrogens is 1. The van der Waals surface area contributed by atoms with Crippen LogP contribution in [0.15, 0.2) is 34.7 Å². The van der Waals surface area contributed by atoms with Gasteiger partial charge in [0, 0.05) is 17.8 Å². The lowest BCUT2D eigenvalue weighted by atomic mass is 10.3. The van der Waals surface area contributed by atoms with Crippen LogP contribution in [0, 0.1) is 0 Å². The standard InChI is InChI=1S/C8H6N2OS/c11-7-6(2-1-3-9-7)8-10-4-5-12-8/h1-5H,(H,9,11). The predicted octanol–water partition coefficient (Wildman–Crippen LogP) is 1.50. The molecule has 0 saturated carbocycles. The summed E-state index contributed by atoms with van der Waals surface area (Å²) in [6.07, 6.45) is 3.30. The maximum atomic E-state index is 11.2. The zero-order chi connectivity index (χ0) is 8.39. The molecule has 0 aliphatic carbocycles. The molecule has 2 heterocycles. The fourth-order valence-corrected chi connectivity index (χ4v) is 1.61. The third kappa shape index (κ3) is 1.16. The number of aromatic nitrogens is 2. The Labute approximate surface area is 72.7 Å². The molecule has 0 bridgehead atoms.